The molecule has 0 spiro atoms. The van der Waals surface area contributed by atoms with Gasteiger partial charge in [0, 0.05) is 30.2 Å². The Morgan fingerprint density at radius 1 is 1.36 bits per heavy atom. The standard InChI is InChI=1S/C26H22ClFN4O/c1-4-9-32(3)10-5-6-21(33)12-18-13-22-25(11-17(18)2)30-16-19(15-29)26(22)31-20-7-8-24(28)23(27)14-20/h1,5-8,11,13-14,16H,9-10,12H2,2-3H3,(H,30,31)/b6-5+. The summed E-state index contributed by atoms with van der Waals surface area (Å²) >= 11 is 5.90. The first-order valence-corrected chi connectivity index (χ1v) is 10.6. The second kappa shape index (κ2) is 10.7. The number of nitrogens with one attached hydrogen (secondary N) is 1. The molecule has 3 aromatic rings. The molecule has 0 amide bonds. The van der Waals surface area contributed by atoms with Crippen molar-refractivity contribution in [3.8, 4) is 18.4 Å². The summed E-state index contributed by atoms with van der Waals surface area (Å²) in [6.45, 7) is 3.00. The van der Waals surface area contributed by atoms with Gasteiger partial charge in [-0.05, 0) is 61.5 Å². The summed E-state index contributed by atoms with van der Waals surface area (Å²) in [5.74, 6) is 1.98. The van der Waals surface area contributed by atoms with Crippen molar-refractivity contribution >= 4 is 39.7 Å². The van der Waals surface area contributed by atoms with Crippen LogP contribution in [0, 0.1) is 36.4 Å². The Labute approximate surface area is 197 Å². The molecule has 0 aliphatic heterocycles. The number of aryl methyl sites for hydroxylation is 1. The maximum absolute atomic E-state index is 13.6. The van der Waals surface area contributed by atoms with E-state index < -0.39 is 5.82 Å². The van der Waals surface area contributed by atoms with E-state index in [0.29, 0.717) is 40.9 Å². The maximum atomic E-state index is 13.6. The third kappa shape index (κ3) is 5.96. The van der Waals surface area contributed by atoms with Crippen LogP contribution in [0.4, 0.5) is 15.8 Å². The van der Waals surface area contributed by atoms with Crippen LogP contribution in [0.3, 0.4) is 0 Å². The lowest BCUT2D eigenvalue weighted by atomic mass is 9.98. The smallest absolute Gasteiger partial charge is 0.159 e. The molecule has 0 bridgehead atoms. The van der Waals surface area contributed by atoms with Crippen molar-refractivity contribution < 1.29 is 9.18 Å². The number of halogens is 2. The van der Waals surface area contributed by atoms with Gasteiger partial charge in [-0.25, -0.2) is 4.39 Å². The van der Waals surface area contributed by atoms with E-state index in [1.54, 1.807) is 12.2 Å². The number of allylic oxidation sites excluding steroid dienone is 1. The molecule has 0 atom stereocenters. The van der Waals surface area contributed by atoms with Crippen LogP contribution >= 0.6 is 11.6 Å². The maximum Gasteiger partial charge on any atom is 0.159 e. The lowest BCUT2D eigenvalue weighted by Crippen LogP contribution is -2.18. The Kier molecular flexibility index (Phi) is 7.79. The summed E-state index contributed by atoms with van der Waals surface area (Å²) < 4.78 is 13.6. The van der Waals surface area contributed by atoms with Gasteiger partial charge >= 0.3 is 0 Å². The number of terminal acetylenes is 1. The first-order chi connectivity index (χ1) is 15.8. The molecule has 0 saturated heterocycles. The van der Waals surface area contributed by atoms with Crippen LogP contribution in [-0.2, 0) is 11.2 Å². The highest BCUT2D eigenvalue weighted by molar-refractivity contribution is 6.31. The number of ketones is 1. The molecule has 1 N–H and O–H groups in total. The van der Waals surface area contributed by atoms with Gasteiger partial charge in [0.05, 0.1) is 28.3 Å². The zero-order valence-corrected chi connectivity index (χ0v) is 19.1. The van der Waals surface area contributed by atoms with Crippen LogP contribution in [0.25, 0.3) is 10.9 Å². The van der Waals surface area contributed by atoms with Crippen LogP contribution in [-0.4, -0.2) is 35.8 Å². The number of rotatable bonds is 8. The van der Waals surface area contributed by atoms with Crippen molar-refractivity contribution in [2.45, 2.75) is 13.3 Å². The van der Waals surface area contributed by atoms with Crippen molar-refractivity contribution in [2.75, 3.05) is 25.5 Å². The van der Waals surface area contributed by atoms with Gasteiger partial charge in [-0.15, -0.1) is 6.42 Å². The number of pyridine rings is 1. The molecular formula is C26H22ClFN4O. The lowest BCUT2D eigenvalue weighted by molar-refractivity contribution is -0.114. The van der Waals surface area contributed by atoms with Crippen LogP contribution in [0.15, 0.2) is 48.7 Å². The number of carbonyl (C=O) groups is 1. The van der Waals surface area contributed by atoms with E-state index in [4.69, 9.17) is 18.0 Å². The number of likely N-dealkylation sites (N-methyl/N-ethyl adjacent to an activating group) is 1. The van der Waals surface area contributed by atoms with Gasteiger partial charge in [0.2, 0.25) is 0 Å². The van der Waals surface area contributed by atoms with Crippen LogP contribution in [0.2, 0.25) is 5.02 Å². The van der Waals surface area contributed by atoms with E-state index in [9.17, 15) is 14.4 Å². The normalized spacial score (nSPS) is 11.0. The van der Waals surface area contributed by atoms with Gasteiger partial charge in [0.15, 0.2) is 5.78 Å². The van der Waals surface area contributed by atoms with Crippen LogP contribution in [0.5, 0.6) is 0 Å². The van der Waals surface area contributed by atoms with E-state index >= 15 is 0 Å². The second-order valence-electron chi connectivity index (χ2n) is 7.65. The van der Waals surface area contributed by atoms with E-state index in [1.165, 1.54) is 24.4 Å². The highest BCUT2D eigenvalue weighted by Crippen LogP contribution is 2.32. The Morgan fingerprint density at radius 2 is 2.15 bits per heavy atom. The summed E-state index contributed by atoms with van der Waals surface area (Å²) in [4.78, 5) is 18.8. The van der Waals surface area contributed by atoms with Gasteiger partial charge in [0.1, 0.15) is 11.9 Å². The van der Waals surface area contributed by atoms with E-state index in [0.717, 1.165) is 11.1 Å². The molecule has 33 heavy (non-hydrogen) atoms. The minimum Gasteiger partial charge on any atom is -0.354 e. The molecule has 0 aliphatic rings. The average molecular weight is 461 g/mol. The van der Waals surface area contributed by atoms with Crippen molar-refractivity contribution in [3.63, 3.8) is 0 Å². The van der Waals surface area contributed by atoms with Crippen molar-refractivity contribution in [2.24, 2.45) is 0 Å². The van der Waals surface area contributed by atoms with Crippen molar-refractivity contribution in [1.82, 2.24) is 9.88 Å². The van der Waals surface area contributed by atoms with E-state index in [-0.39, 0.29) is 17.2 Å². The van der Waals surface area contributed by atoms with Gasteiger partial charge < -0.3 is 5.32 Å². The fourth-order valence-electron chi connectivity index (χ4n) is 3.35. The fourth-order valence-corrected chi connectivity index (χ4v) is 3.53. The Hall–Kier alpha value is -3.71. The third-order valence-corrected chi connectivity index (χ3v) is 5.37. The zero-order chi connectivity index (χ0) is 24.0. The predicted octanol–water partition coefficient (Wildman–Crippen LogP) is 5.18. The minimum absolute atomic E-state index is 0.0290. The summed E-state index contributed by atoms with van der Waals surface area (Å²) in [6, 6.07) is 10.1. The SMILES string of the molecule is C#CCN(C)C/C=C/C(=O)Cc1cc2c(Nc3ccc(F)c(Cl)c3)c(C#N)cnc2cc1C. The number of benzene rings is 2. The summed E-state index contributed by atoms with van der Waals surface area (Å²) in [6.07, 6.45) is 10.3. The molecule has 0 radical (unpaired) electrons. The number of anilines is 2. The Balaban J connectivity index is 1.94. The molecular weight excluding hydrogens is 439 g/mol. The molecule has 1 aromatic heterocycles. The Bertz CT molecular complexity index is 1320. The topological polar surface area (TPSA) is 69.0 Å². The summed E-state index contributed by atoms with van der Waals surface area (Å²) in [5.41, 5.74) is 3.78. The quantitative estimate of drug-likeness (QED) is 0.370. The van der Waals surface area contributed by atoms with Gasteiger partial charge in [-0.1, -0.05) is 23.6 Å². The number of aromatic nitrogens is 1. The predicted molar refractivity (Wildman–Crippen MR) is 130 cm³/mol. The molecule has 1 heterocycles. The first kappa shape index (κ1) is 23.9. The molecule has 5 nitrogen and oxygen atoms in total. The average Bonchev–Trinajstić information content (AvgIpc) is 2.77. The molecule has 2 aromatic carbocycles. The minimum atomic E-state index is -0.530. The van der Waals surface area contributed by atoms with Crippen molar-refractivity contribution in [3.05, 3.63) is 76.2 Å². The third-order valence-electron chi connectivity index (χ3n) is 5.08. The monoisotopic (exact) mass is 460 g/mol. The fraction of sp³-hybridized carbons (Fsp3) is 0.192. The van der Waals surface area contributed by atoms with E-state index in [2.05, 4.69) is 22.3 Å². The number of carbonyl (C=O) groups excluding carboxylic acids is 1. The number of hydrogen-bond donors (Lipinski definition) is 1. The summed E-state index contributed by atoms with van der Waals surface area (Å²) in [7, 11) is 1.88. The van der Waals surface area contributed by atoms with Gasteiger partial charge in [-0.3, -0.25) is 14.7 Å². The molecule has 0 fully saturated rings. The Morgan fingerprint density at radius 3 is 2.85 bits per heavy atom. The number of hydrogen-bond acceptors (Lipinski definition) is 5. The van der Waals surface area contributed by atoms with E-state index in [1.807, 2.05) is 31.0 Å². The number of fused-ring (bicyclic) bond motifs is 1. The molecule has 0 aliphatic carbocycles. The zero-order valence-electron chi connectivity index (χ0n) is 18.3. The van der Waals surface area contributed by atoms with Gasteiger partial charge in [-0.2, -0.15) is 5.26 Å². The molecule has 0 unspecified atom stereocenters. The van der Waals surface area contributed by atoms with Gasteiger partial charge in [0.25, 0.3) is 0 Å². The lowest BCUT2D eigenvalue weighted by Gasteiger charge is -2.14. The van der Waals surface area contributed by atoms with Crippen LogP contribution in [0.1, 0.15) is 16.7 Å². The molecule has 7 heteroatoms. The molecule has 166 valence electrons. The number of nitrogens with zero attached hydrogens (tertiary/aromatic N) is 3. The van der Waals surface area contributed by atoms with Crippen molar-refractivity contribution in [1.29, 1.82) is 5.26 Å². The highest BCUT2D eigenvalue weighted by Gasteiger charge is 2.14. The molecule has 0 saturated carbocycles. The molecule has 3 rings (SSSR count). The second-order valence-corrected chi connectivity index (χ2v) is 8.06. The largest absolute Gasteiger partial charge is 0.354 e. The summed E-state index contributed by atoms with van der Waals surface area (Å²) in [5, 5.41) is 13.4. The number of nitriles is 1. The first-order valence-electron chi connectivity index (χ1n) is 10.2. The highest BCUT2D eigenvalue weighted by atomic mass is 35.5. The van der Waals surface area contributed by atoms with Crippen LogP contribution < -0.4 is 5.32 Å².